The Bertz CT molecular complexity index is 801. The topological polar surface area (TPSA) is 59.1 Å². The minimum absolute atomic E-state index is 0.0719. The summed E-state index contributed by atoms with van der Waals surface area (Å²) in [6, 6.07) is 2.34. The van der Waals surface area contributed by atoms with Gasteiger partial charge in [0.1, 0.15) is 0 Å². The standard InChI is InChI=1S/C18H18ClF3N2O4/c19-13-2-1-11(9-12(13)18(20,21)22)24-15(25)10-14(16(24)26)23-5-3-17(4-6-23)27-7-8-28-17/h1-2,9,14H,3-8,10H2/t14-/m0/s1. The summed E-state index contributed by atoms with van der Waals surface area (Å²) in [4.78, 5) is 28.0. The molecule has 4 rings (SSSR count). The van der Waals surface area contributed by atoms with Crippen molar-refractivity contribution in [3.05, 3.63) is 28.8 Å². The van der Waals surface area contributed by atoms with Gasteiger partial charge in [0.25, 0.3) is 5.91 Å². The number of hydrogen-bond donors (Lipinski definition) is 0. The molecule has 0 radical (unpaired) electrons. The molecule has 0 aromatic heterocycles. The van der Waals surface area contributed by atoms with Crippen LogP contribution in [-0.4, -0.2) is 54.8 Å². The highest BCUT2D eigenvalue weighted by molar-refractivity contribution is 6.31. The third-order valence-corrected chi connectivity index (χ3v) is 5.78. The smallest absolute Gasteiger partial charge is 0.347 e. The van der Waals surface area contributed by atoms with E-state index >= 15 is 0 Å². The molecule has 0 bridgehead atoms. The van der Waals surface area contributed by atoms with Crippen molar-refractivity contribution < 1.29 is 32.2 Å². The monoisotopic (exact) mass is 418 g/mol. The van der Waals surface area contributed by atoms with E-state index in [4.69, 9.17) is 21.1 Å². The highest BCUT2D eigenvalue weighted by Crippen LogP contribution is 2.39. The number of piperidine rings is 1. The lowest BCUT2D eigenvalue weighted by molar-refractivity contribution is -0.188. The molecule has 0 aliphatic carbocycles. The van der Waals surface area contributed by atoms with Gasteiger partial charge in [-0.3, -0.25) is 14.5 Å². The Morgan fingerprint density at radius 3 is 2.36 bits per heavy atom. The molecule has 152 valence electrons. The van der Waals surface area contributed by atoms with E-state index in [-0.39, 0.29) is 12.1 Å². The number of carbonyl (C=O) groups is 2. The number of likely N-dealkylation sites (tertiary alicyclic amines) is 1. The van der Waals surface area contributed by atoms with E-state index in [2.05, 4.69) is 0 Å². The van der Waals surface area contributed by atoms with Crippen molar-refractivity contribution in [3.8, 4) is 0 Å². The lowest BCUT2D eigenvalue weighted by atomic mass is 10.0. The zero-order chi connectivity index (χ0) is 20.1. The van der Waals surface area contributed by atoms with Crippen molar-refractivity contribution >= 4 is 29.1 Å². The highest BCUT2D eigenvalue weighted by Gasteiger charge is 2.47. The lowest BCUT2D eigenvalue weighted by Gasteiger charge is -2.39. The number of nitrogens with zero attached hydrogens (tertiary/aromatic N) is 2. The average molecular weight is 419 g/mol. The van der Waals surface area contributed by atoms with Crippen molar-refractivity contribution in [2.45, 2.75) is 37.3 Å². The van der Waals surface area contributed by atoms with Crippen LogP contribution in [0.1, 0.15) is 24.8 Å². The maximum absolute atomic E-state index is 13.1. The Labute approximate surface area is 164 Å². The van der Waals surface area contributed by atoms with Crippen molar-refractivity contribution in [1.82, 2.24) is 4.90 Å². The van der Waals surface area contributed by atoms with Gasteiger partial charge in [0.15, 0.2) is 5.79 Å². The highest BCUT2D eigenvalue weighted by atomic mass is 35.5. The fourth-order valence-corrected chi connectivity index (χ4v) is 4.23. The summed E-state index contributed by atoms with van der Waals surface area (Å²) in [6.45, 7) is 2.08. The molecule has 2 amide bonds. The number of halogens is 4. The molecular weight excluding hydrogens is 401 g/mol. The SMILES string of the molecule is O=C1C[C@H](N2CCC3(CC2)OCCO3)C(=O)N1c1ccc(Cl)c(C(F)(F)F)c1. The summed E-state index contributed by atoms with van der Waals surface area (Å²) in [6.07, 6.45) is -3.60. The molecule has 1 aromatic carbocycles. The second kappa shape index (κ2) is 6.98. The summed E-state index contributed by atoms with van der Waals surface area (Å²) < 4.78 is 50.7. The Morgan fingerprint density at radius 2 is 1.75 bits per heavy atom. The van der Waals surface area contributed by atoms with E-state index in [1.807, 2.05) is 4.90 Å². The van der Waals surface area contributed by atoms with Gasteiger partial charge in [-0.25, -0.2) is 4.90 Å². The first kappa shape index (κ1) is 19.6. The van der Waals surface area contributed by atoms with Crippen LogP contribution in [0, 0.1) is 0 Å². The van der Waals surface area contributed by atoms with E-state index in [0.29, 0.717) is 39.1 Å². The molecule has 1 aromatic rings. The van der Waals surface area contributed by atoms with Crippen molar-refractivity contribution in [1.29, 1.82) is 0 Å². The van der Waals surface area contributed by atoms with Crippen molar-refractivity contribution in [3.63, 3.8) is 0 Å². The van der Waals surface area contributed by atoms with Gasteiger partial charge in [-0.1, -0.05) is 11.6 Å². The zero-order valence-electron chi connectivity index (χ0n) is 14.8. The fraction of sp³-hybridized carbons (Fsp3) is 0.556. The number of hydrogen-bond acceptors (Lipinski definition) is 5. The van der Waals surface area contributed by atoms with E-state index in [1.165, 1.54) is 6.07 Å². The molecule has 6 nitrogen and oxygen atoms in total. The number of alkyl halides is 3. The summed E-state index contributed by atoms with van der Waals surface area (Å²) in [7, 11) is 0. The molecule has 1 spiro atoms. The van der Waals surface area contributed by atoms with Crippen LogP contribution in [-0.2, 0) is 25.2 Å². The molecule has 0 N–H and O–H groups in total. The molecule has 3 aliphatic heterocycles. The second-order valence-electron chi connectivity index (χ2n) is 7.09. The molecule has 1 atom stereocenters. The summed E-state index contributed by atoms with van der Waals surface area (Å²) in [5, 5.41) is -0.482. The van der Waals surface area contributed by atoms with Crippen LogP contribution in [0.25, 0.3) is 0 Å². The molecule has 28 heavy (non-hydrogen) atoms. The molecule has 0 saturated carbocycles. The molecule has 3 fully saturated rings. The first-order chi connectivity index (χ1) is 13.2. The Kier molecular flexibility index (Phi) is 4.89. The molecule has 0 unspecified atom stereocenters. The summed E-state index contributed by atoms with van der Waals surface area (Å²) in [5.74, 6) is -1.66. The number of carbonyl (C=O) groups excluding carboxylic acids is 2. The third-order valence-electron chi connectivity index (χ3n) is 5.45. The fourth-order valence-electron chi connectivity index (χ4n) is 4.00. The van der Waals surface area contributed by atoms with E-state index in [1.54, 1.807) is 0 Å². The lowest BCUT2D eigenvalue weighted by Crippen LogP contribution is -2.51. The van der Waals surface area contributed by atoms with Crippen LogP contribution >= 0.6 is 11.6 Å². The first-order valence-corrected chi connectivity index (χ1v) is 9.33. The Morgan fingerprint density at radius 1 is 1.11 bits per heavy atom. The first-order valence-electron chi connectivity index (χ1n) is 8.96. The number of rotatable bonds is 2. The molecule has 3 saturated heterocycles. The predicted molar refractivity (Wildman–Crippen MR) is 92.8 cm³/mol. The minimum atomic E-state index is -4.68. The van der Waals surface area contributed by atoms with Crippen LogP contribution in [0.4, 0.5) is 18.9 Å². The maximum Gasteiger partial charge on any atom is 0.417 e. The molecule has 10 heteroatoms. The number of ether oxygens (including phenoxy) is 2. The maximum atomic E-state index is 13.1. The zero-order valence-corrected chi connectivity index (χ0v) is 15.6. The largest absolute Gasteiger partial charge is 0.417 e. The van der Waals surface area contributed by atoms with Gasteiger partial charge in [0.05, 0.1) is 41.9 Å². The normalized spacial score (nSPS) is 25.9. The number of anilines is 1. The van der Waals surface area contributed by atoms with Gasteiger partial charge >= 0.3 is 6.18 Å². The van der Waals surface area contributed by atoms with Crippen molar-refractivity contribution in [2.75, 3.05) is 31.2 Å². The van der Waals surface area contributed by atoms with Gasteiger partial charge in [0, 0.05) is 25.9 Å². The van der Waals surface area contributed by atoms with E-state index in [0.717, 1.165) is 17.0 Å². The third kappa shape index (κ3) is 3.41. The van der Waals surface area contributed by atoms with Crippen LogP contribution in [0.15, 0.2) is 18.2 Å². The van der Waals surface area contributed by atoms with Gasteiger partial charge in [0.2, 0.25) is 5.91 Å². The molecule has 3 aliphatic rings. The second-order valence-corrected chi connectivity index (χ2v) is 7.50. The number of amides is 2. The summed E-state index contributed by atoms with van der Waals surface area (Å²) >= 11 is 5.63. The van der Waals surface area contributed by atoms with Gasteiger partial charge in [-0.15, -0.1) is 0 Å². The predicted octanol–water partition coefficient (Wildman–Crippen LogP) is 2.83. The van der Waals surface area contributed by atoms with Crippen LogP contribution in [0.5, 0.6) is 0 Å². The van der Waals surface area contributed by atoms with Gasteiger partial charge in [-0.05, 0) is 18.2 Å². The molecular formula is C18H18ClF3N2O4. The Hall–Kier alpha value is -1.68. The quantitative estimate of drug-likeness (QED) is 0.691. The average Bonchev–Trinajstić information content (AvgIpc) is 3.20. The van der Waals surface area contributed by atoms with Gasteiger partial charge < -0.3 is 9.47 Å². The molecule has 3 heterocycles. The van der Waals surface area contributed by atoms with E-state index in [9.17, 15) is 22.8 Å². The van der Waals surface area contributed by atoms with Crippen LogP contribution < -0.4 is 4.90 Å². The Balaban J connectivity index is 1.52. The van der Waals surface area contributed by atoms with Crippen molar-refractivity contribution in [2.24, 2.45) is 0 Å². The number of benzene rings is 1. The van der Waals surface area contributed by atoms with Gasteiger partial charge in [-0.2, -0.15) is 13.2 Å². The van der Waals surface area contributed by atoms with Crippen LogP contribution in [0.3, 0.4) is 0 Å². The number of imide groups is 1. The van der Waals surface area contributed by atoms with Crippen LogP contribution in [0.2, 0.25) is 5.02 Å². The minimum Gasteiger partial charge on any atom is -0.347 e. The summed E-state index contributed by atoms with van der Waals surface area (Å²) in [5.41, 5.74) is -1.20. The van der Waals surface area contributed by atoms with E-state index < -0.39 is 40.4 Å².